The number of carbonyl (C=O) groups is 1. The summed E-state index contributed by atoms with van der Waals surface area (Å²) in [6.07, 6.45) is 0. The Bertz CT molecular complexity index is 1440. The van der Waals surface area contributed by atoms with Gasteiger partial charge in [0.1, 0.15) is 17.2 Å². The highest BCUT2D eigenvalue weighted by Gasteiger charge is 2.22. The van der Waals surface area contributed by atoms with E-state index in [4.69, 9.17) is 11.6 Å². The lowest BCUT2D eigenvalue weighted by Gasteiger charge is -2.13. The maximum absolute atomic E-state index is 13.5. The van der Waals surface area contributed by atoms with Gasteiger partial charge in [-0.05, 0) is 29.8 Å². The Balaban J connectivity index is 1.89. The van der Waals surface area contributed by atoms with Gasteiger partial charge in [-0.15, -0.1) is 0 Å². The van der Waals surface area contributed by atoms with Crippen LogP contribution in [0.2, 0.25) is 5.02 Å². The molecule has 0 radical (unpaired) electrons. The number of amides is 1. The number of benzene rings is 2. The molecule has 9 heteroatoms. The van der Waals surface area contributed by atoms with Crippen molar-refractivity contribution in [1.82, 2.24) is 13.7 Å². The van der Waals surface area contributed by atoms with Crippen LogP contribution < -0.4 is 16.6 Å². The molecule has 0 aliphatic rings. The molecule has 4 aromatic rings. The maximum atomic E-state index is 13.5. The van der Waals surface area contributed by atoms with Crippen LogP contribution in [0.4, 0.5) is 10.1 Å². The molecule has 2 aromatic carbocycles. The maximum Gasteiger partial charge on any atom is 0.332 e. The molecule has 0 unspecified atom stereocenters. The number of nitrogens with one attached hydrogen (secondary N) is 1. The summed E-state index contributed by atoms with van der Waals surface area (Å²) in [7, 11) is 2.94. The molecule has 0 fully saturated rings. The predicted octanol–water partition coefficient (Wildman–Crippen LogP) is 3.13. The van der Waals surface area contributed by atoms with Crippen LogP contribution in [0.3, 0.4) is 0 Å². The second-order valence-electron chi connectivity index (χ2n) is 7.13. The number of rotatable bonds is 4. The van der Waals surface area contributed by atoms with Crippen LogP contribution in [0, 0.1) is 5.82 Å². The Hall–Kier alpha value is -3.65. The fourth-order valence-electron chi connectivity index (χ4n) is 3.52. The Morgan fingerprint density at radius 2 is 1.74 bits per heavy atom. The van der Waals surface area contributed by atoms with Gasteiger partial charge >= 0.3 is 5.69 Å². The molecule has 0 atom stereocenters. The van der Waals surface area contributed by atoms with Crippen LogP contribution in [0.15, 0.2) is 64.2 Å². The van der Waals surface area contributed by atoms with Gasteiger partial charge in [0.25, 0.3) is 11.5 Å². The van der Waals surface area contributed by atoms with E-state index in [1.165, 1.54) is 29.8 Å². The quantitative estimate of drug-likeness (QED) is 0.529. The first-order valence-corrected chi connectivity index (χ1v) is 9.75. The third-order valence-corrected chi connectivity index (χ3v) is 5.38. The van der Waals surface area contributed by atoms with Crippen molar-refractivity contribution in [3.05, 3.63) is 97.5 Å². The van der Waals surface area contributed by atoms with Crippen molar-refractivity contribution < 1.29 is 9.18 Å². The zero-order valence-corrected chi connectivity index (χ0v) is 17.5. The SMILES string of the molecule is Cn1c(=O)c2cc(C(=O)Nc3ccc(F)c(Cl)c3)n(Cc3ccccc3)c2n(C)c1=O. The van der Waals surface area contributed by atoms with Gasteiger partial charge in [0.05, 0.1) is 10.4 Å². The second-order valence-corrected chi connectivity index (χ2v) is 7.53. The largest absolute Gasteiger partial charge is 0.332 e. The van der Waals surface area contributed by atoms with Crippen LogP contribution in [-0.4, -0.2) is 19.6 Å². The van der Waals surface area contributed by atoms with E-state index in [0.29, 0.717) is 11.3 Å². The molecule has 158 valence electrons. The van der Waals surface area contributed by atoms with Crippen molar-refractivity contribution in [2.45, 2.75) is 6.54 Å². The van der Waals surface area contributed by atoms with Crippen LogP contribution >= 0.6 is 11.6 Å². The number of aromatic nitrogens is 3. The summed E-state index contributed by atoms with van der Waals surface area (Å²) in [6, 6.07) is 14.6. The molecule has 0 aliphatic heterocycles. The normalized spacial score (nSPS) is 11.1. The van der Waals surface area contributed by atoms with Gasteiger partial charge in [-0.1, -0.05) is 41.9 Å². The molecule has 0 aliphatic carbocycles. The van der Waals surface area contributed by atoms with Gasteiger partial charge < -0.3 is 9.88 Å². The van der Waals surface area contributed by atoms with Gasteiger partial charge in [0, 0.05) is 26.3 Å². The lowest BCUT2D eigenvalue weighted by molar-refractivity contribution is 0.101. The molecule has 31 heavy (non-hydrogen) atoms. The summed E-state index contributed by atoms with van der Waals surface area (Å²) in [5, 5.41) is 2.79. The lowest BCUT2D eigenvalue weighted by atomic mass is 10.2. The van der Waals surface area contributed by atoms with Crippen LogP contribution in [-0.2, 0) is 20.6 Å². The number of halogens is 2. The molecule has 0 saturated carbocycles. The molecule has 4 rings (SSSR count). The molecule has 0 bridgehead atoms. The second kappa shape index (κ2) is 7.88. The molecule has 1 amide bonds. The van der Waals surface area contributed by atoms with Crippen LogP contribution in [0.1, 0.15) is 16.1 Å². The summed E-state index contributed by atoms with van der Waals surface area (Å²) in [4.78, 5) is 38.4. The van der Waals surface area contributed by atoms with E-state index >= 15 is 0 Å². The Morgan fingerprint density at radius 1 is 1.03 bits per heavy atom. The number of nitrogens with zero attached hydrogens (tertiary/aromatic N) is 3. The summed E-state index contributed by atoms with van der Waals surface area (Å²) >= 11 is 5.81. The number of hydrogen-bond donors (Lipinski definition) is 1. The number of fused-ring (bicyclic) bond motifs is 1. The van der Waals surface area contributed by atoms with Crippen molar-refractivity contribution in [2.75, 3.05) is 5.32 Å². The summed E-state index contributed by atoms with van der Waals surface area (Å²) < 4.78 is 17.4. The topological polar surface area (TPSA) is 78.0 Å². The fraction of sp³-hybridized carbons (Fsp3) is 0.136. The van der Waals surface area contributed by atoms with Gasteiger partial charge in [-0.25, -0.2) is 9.18 Å². The molecule has 0 saturated heterocycles. The average Bonchev–Trinajstić information content (AvgIpc) is 3.13. The van der Waals surface area contributed by atoms with Crippen LogP contribution in [0.25, 0.3) is 11.0 Å². The van der Waals surface area contributed by atoms with E-state index in [0.717, 1.165) is 16.2 Å². The highest BCUT2D eigenvalue weighted by molar-refractivity contribution is 6.31. The van der Waals surface area contributed by atoms with Crippen molar-refractivity contribution in [2.24, 2.45) is 14.1 Å². The van der Waals surface area contributed by atoms with Crippen LogP contribution in [0.5, 0.6) is 0 Å². The smallest absolute Gasteiger partial charge is 0.321 e. The first kappa shape index (κ1) is 20.6. The Morgan fingerprint density at radius 3 is 2.42 bits per heavy atom. The number of hydrogen-bond acceptors (Lipinski definition) is 3. The number of anilines is 1. The van der Waals surface area contributed by atoms with E-state index in [-0.39, 0.29) is 22.6 Å². The lowest BCUT2D eigenvalue weighted by Crippen LogP contribution is -2.37. The first-order valence-electron chi connectivity index (χ1n) is 9.37. The number of aryl methyl sites for hydroxylation is 1. The fourth-order valence-corrected chi connectivity index (χ4v) is 3.70. The molecular weight excluding hydrogens is 423 g/mol. The molecule has 1 N–H and O–H groups in total. The minimum atomic E-state index is -0.601. The average molecular weight is 441 g/mol. The predicted molar refractivity (Wildman–Crippen MR) is 117 cm³/mol. The summed E-state index contributed by atoms with van der Waals surface area (Å²) in [6.45, 7) is 0.262. The van der Waals surface area contributed by atoms with Gasteiger partial charge in [0.15, 0.2) is 0 Å². The van der Waals surface area contributed by atoms with Gasteiger partial charge in [0.2, 0.25) is 0 Å². The summed E-state index contributed by atoms with van der Waals surface area (Å²) in [5.74, 6) is -1.12. The van der Waals surface area contributed by atoms with Crippen molar-refractivity contribution >= 4 is 34.2 Å². The number of carbonyl (C=O) groups excluding carboxylic acids is 1. The van der Waals surface area contributed by atoms with E-state index in [1.54, 1.807) is 11.6 Å². The van der Waals surface area contributed by atoms with E-state index < -0.39 is 23.0 Å². The minimum absolute atomic E-state index is 0.126. The third kappa shape index (κ3) is 3.66. The highest BCUT2D eigenvalue weighted by Crippen LogP contribution is 2.22. The zero-order valence-electron chi connectivity index (χ0n) is 16.7. The Labute approximate surface area is 180 Å². The monoisotopic (exact) mass is 440 g/mol. The molecule has 7 nitrogen and oxygen atoms in total. The van der Waals surface area contributed by atoms with E-state index in [2.05, 4.69) is 5.32 Å². The molecule has 2 aromatic heterocycles. The van der Waals surface area contributed by atoms with Crippen molar-refractivity contribution in [3.63, 3.8) is 0 Å². The standard InChI is InChI=1S/C22H18ClFN4O3/c1-26-20-15(21(30)27(2)22(26)31)11-18(28(20)12-13-6-4-3-5-7-13)19(29)25-14-8-9-17(24)16(23)10-14/h3-11H,12H2,1-2H3,(H,25,29). The van der Waals surface area contributed by atoms with Gasteiger partial charge in [-0.2, -0.15) is 0 Å². The summed E-state index contributed by atoms with van der Waals surface area (Å²) in [5.41, 5.74) is 0.699. The highest BCUT2D eigenvalue weighted by atomic mass is 35.5. The first-order chi connectivity index (χ1) is 14.8. The third-order valence-electron chi connectivity index (χ3n) is 5.09. The van der Waals surface area contributed by atoms with Gasteiger partial charge in [-0.3, -0.25) is 18.7 Å². The molecular formula is C22H18ClFN4O3. The van der Waals surface area contributed by atoms with E-state index in [1.807, 2.05) is 30.3 Å². The van der Waals surface area contributed by atoms with Crippen molar-refractivity contribution in [3.8, 4) is 0 Å². The Kier molecular flexibility index (Phi) is 5.24. The molecule has 0 spiro atoms. The minimum Gasteiger partial charge on any atom is -0.321 e. The van der Waals surface area contributed by atoms with E-state index in [9.17, 15) is 18.8 Å². The zero-order chi connectivity index (χ0) is 22.3. The molecule has 2 heterocycles. The van der Waals surface area contributed by atoms with Crippen molar-refractivity contribution in [1.29, 1.82) is 0 Å².